The molecule has 106 valence electrons. The largest absolute Gasteiger partial charge is 0.337 e. The molecule has 19 heavy (non-hydrogen) atoms. The Kier molecular flexibility index (Phi) is 4.66. The van der Waals surface area contributed by atoms with E-state index in [0.717, 1.165) is 56.6 Å². The van der Waals surface area contributed by atoms with Crippen molar-refractivity contribution in [2.45, 2.75) is 20.8 Å². The summed E-state index contributed by atoms with van der Waals surface area (Å²) in [6.07, 6.45) is 0. The van der Waals surface area contributed by atoms with Crippen molar-refractivity contribution in [1.82, 2.24) is 20.1 Å². The number of hydrogen-bond acceptors (Lipinski definition) is 6. The van der Waals surface area contributed by atoms with Crippen LogP contribution in [0.25, 0.3) is 0 Å². The van der Waals surface area contributed by atoms with Gasteiger partial charge in [-0.05, 0) is 26.3 Å². The fourth-order valence-corrected chi connectivity index (χ4v) is 2.23. The Morgan fingerprint density at radius 2 is 1.79 bits per heavy atom. The van der Waals surface area contributed by atoms with Crippen molar-refractivity contribution < 1.29 is 0 Å². The third-order valence-electron chi connectivity index (χ3n) is 3.71. The Morgan fingerprint density at radius 1 is 1.11 bits per heavy atom. The topological polar surface area (TPSA) is 71.2 Å². The van der Waals surface area contributed by atoms with Gasteiger partial charge in [0, 0.05) is 32.7 Å². The lowest BCUT2D eigenvalue weighted by Crippen LogP contribution is -2.48. The van der Waals surface area contributed by atoms with Crippen LogP contribution >= 0.6 is 0 Å². The fraction of sp³-hybridized carbons (Fsp3) is 0.769. The first-order chi connectivity index (χ1) is 9.10. The number of anilines is 1. The molecule has 0 spiro atoms. The summed E-state index contributed by atoms with van der Waals surface area (Å²) in [6.45, 7) is 12.0. The number of nitrogens with two attached hydrogens (primary N) is 1. The quantitative estimate of drug-likeness (QED) is 0.838. The summed E-state index contributed by atoms with van der Waals surface area (Å²) >= 11 is 0. The molecule has 0 aliphatic carbocycles. The molecule has 2 N–H and O–H groups in total. The van der Waals surface area contributed by atoms with Gasteiger partial charge in [-0.1, -0.05) is 6.92 Å². The number of nitrogens with zero attached hydrogens (tertiary/aromatic N) is 5. The number of aromatic nitrogens is 3. The molecule has 1 saturated heterocycles. The van der Waals surface area contributed by atoms with Crippen LogP contribution in [0, 0.1) is 19.8 Å². The normalized spacial score (nSPS) is 18.6. The summed E-state index contributed by atoms with van der Waals surface area (Å²) in [7, 11) is 0. The minimum atomic E-state index is 0.561. The molecule has 0 aromatic carbocycles. The first kappa shape index (κ1) is 14.1. The van der Waals surface area contributed by atoms with Crippen molar-refractivity contribution in [2.75, 3.05) is 44.2 Å². The first-order valence-electron chi connectivity index (χ1n) is 6.95. The van der Waals surface area contributed by atoms with E-state index in [1.807, 2.05) is 13.8 Å². The third-order valence-corrected chi connectivity index (χ3v) is 3.71. The fourth-order valence-electron chi connectivity index (χ4n) is 2.23. The van der Waals surface area contributed by atoms with Crippen LogP contribution in [-0.2, 0) is 0 Å². The highest BCUT2D eigenvalue weighted by atomic mass is 15.4. The second-order valence-corrected chi connectivity index (χ2v) is 5.41. The lowest BCUT2D eigenvalue weighted by molar-refractivity contribution is 0.226. The van der Waals surface area contributed by atoms with Crippen LogP contribution in [-0.4, -0.2) is 59.3 Å². The Labute approximate surface area is 115 Å². The van der Waals surface area contributed by atoms with Crippen LogP contribution in [0.3, 0.4) is 0 Å². The zero-order chi connectivity index (χ0) is 13.8. The molecular weight excluding hydrogens is 240 g/mol. The van der Waals surface area contributed by atoms with Crippen molar-refractivity contribution in [3.8, 4) is 0 Å². The van der Waals surface area contributed by atoms with Gasteiger partial charge in [-0.2, -0.15) is 5.10 Å². The van der Waals surface area contributed by atoms with Gasteiger partial charge >= 0.3 is 0 Å². The molecule has 1 aromatic heterocycles. The number of hydrogen-bond donors (Lipinski definition) is 1. The molecule has 1 aliphatic rings. The highest BCUT2D eigenvalue weighted by Crippen LogP contribution is 2.12. The molecule has 2 rings (SSSR count). The van der Waals surface area contributed by atoms with Gasteiger partial charge in [-0.15, -0.1) is 5.10 Å². The van der Waals surface area contributed by atoms with Crippen LogP contribution in [0.15, 0.2) is 0 Å². The molecule has 0 radical (unpaired) electrons. The Balaban J connectivity index is 1.90. The summed E-state index contributed by atoms with van der Waals surface area (Å²) in [4.78, 5) is 9.18. The molecule has 0 amide bonds. The average Bonchev–Trinajstić information content (AvgIpc) is 2.42. The molecule has 1 aliphatic heterocycles. The molecule has 0 bridgehead atoms. The second-order valence-electron chi connectivity index (χ2n) is 5.41. The smallest absolute Gasteiger partial charge is 0.245 e. The van der Waals surface area contributed by atoms with Crippen molar-refractivity contribution in [3.05, 3.63) is 11.4 Å². The average molecular weight is 264 g/mol. The highest BCUT2D eigenvalue weighted by Gasteiger charge is 2.20. The van der Waals surface area contributed by atoms with Gasteiger partial charge < -0.3 is 10.6 Å². The summed E-state index contributed by atoms with van der Waals surface area (Å²) in [5.41, 5.74) is 7.54. The SMILES string of the molecule is Cc1nnc(N2CCN(CC(C)CN)CC2)nc1C. The van der Waals surface area contributed by atoms with Gasteiger partial charge in [-0.3, -0.25) is 4.90 Å². The molecule has 1 fully saturated rings. The van der Waals surface area contributed by atoms with Gasteiger partial charge in [0.15, 0.2) is 0 Å². The zero-order valence-electron chi connectivity index (χ0n) is 12.1. The minimum absolute atomic E-state index is 0.561. The molecule has 1 atom stereocenters. The predicted octanol–water partition coefficient (Wildman–Crippen LogP) is 0.205. The van der Waals surface area contributed by atoms with Gasteiger partial charge in [0.05, 0.1) is 11.4 Å². The third kappa shape index (κ3) is 3.61. The Hall–Kier alpha value is -1.27. The van der Waals surface area contributed by atoms with E-state index in [4.69, 9.17) is 5.73 Å². The standard InChI is InChI=1S/C13H24N6/c1-10(8-14)9-18-4-6-19(7-5-18)13-15-11(2)12(3)16-17-13/h10H,4-9,14H2,1-3H3. The Morgan fingerprint density at radius 3 is 2.37 bits per heavy atom. The van der Waals surface area contributed by atoms with E-state index in [-0.39, 0.29) is 0 Å². The summed E-state index contributed by atoms with van der Waals surface area (Å²) in [5.74, 6) is 1.32. The maximum atomic E-state index is 5.67. The van der Waals surface area contributed by atoms with E-state index in [1.165, 1.54) is 0 Å². The first-order valence-corrected chi connectivity index (χ1v) is 6.95. The molecule has 1 aromatic rings. The summed E-state index contributed by atoms with van der Waals surface area (Å²) in [5, 5.41) is 8.34. The second kappa shape index (κ2) is 6.25. The predicted molar refractivity (Wildman–Crippen MR) is 76.2 cm³/mol. The monoisotopic (exact) mass is 264 g/mol. The molecule has 0 saturated carbocycles. The maximum Gasteiger partial charge on any atom is 0.245 e. The number of piperazine rings is 1. The molecule has 6 nitrogen and oxygen atoms in total. The lowest BCUT2D eigenvalue weighted by Gasteiger charge is -2.35. The van der Waals surface area contributed by atoms with Crippen LogP contribution < -0.4 is 10.6 Å². The van der Waals surface area contributed by atoms with Crippen molar-refractivity contribution in [3.63, 3.8) is 0 Å². The maximum absolute atomic E-state index is 5.67. The highest BCUT2D eigenvalue weighted by molar-refractivity contribution is 5.30. The lowest BCUT2D eigenvalue weighted by atomic mass is 10.1. The molecular formula is C13H24N6. The minimum Gasteiger partial charge on any atom is -0.337 e. The van der Waals surface area contributed by atoms with Crippen LogP contribution in [0.4, 0.5) is 5.95 Å². The summed E-state index contributed by atoms with van der Waals surface area (Å²) in [6, 6.07) is 0. The van der Waals surface area contributed by atoms with E-state index < -0.39 is 0 Å². The van der Waals surface area contributed by atoms with E-state index in [0.29, 0.717) is 5.92 Å². The molecule has 1 unspecified atom stereocenters. The van der Waals surface area contributed by atoms with Crippen LogP contribution in [0.5, 0.6) is 0 Å². The van der Waals surface area contributed by atoms with Gasteiger partial charge in [0.2, 0.25) is 5.95 Å². The summed E-state index contributed by atoms with van der Waals surface area (Å²) < 4.78 is 0. The van der Waals surface area contributed by atoms with E-state index in [2.05, 4.69) is 31.9 Å². The van der Waals surface area contributed by atoms with E-state index in [9.17, 15) is 0 Å². The van der Waals surface area contributed by atoms with Gasteiger partial charge in [0.25, 0.3) is 0 Å². The van der Waals surface area contributed by atoms with Crippen LogP contribution in [0.1, 0.15) is 18.3 Å². The van der Waals surface area contributed by atoms with Gasteiger partial charge in [-0.25, -0.2) is 4.98 Å². The zero-order valence-corrected chi connectivity index (χ0v) is 12.1. The van der Waals surface area contributed by atoms with Crippen molar-refractivity contribution in [2.24, 2.45) is 11.7 Å². The van der Waals surface area contributed by atoms with Crippen molar-refractivity contribution in [1.29, 1.82) is 0 Å². The number of rotatable bonds is 4. The van der Waals surface area contributed by atoms with Crippen molar-refractivity contribution >= 4 is 5.95 Å². The van der Waals surface area contributed by atoms with E-state index in [1.54, 1.807) is 0 Å². The van der Waals surface area contributed by atoms with Gasteiger partial charge in [0.1, 0.15) is 0 Å². The Bertz CT molecular complexity index is 414. The molecule has 6 heteroatoms. The van der Waals surface area contributed by atoms with E-state index >= 15 is 0 Å². The number of aryl methyl sites for hydroxylation is 2. The molecule has 2 heterocycles. The van der Waals surface area contributed by atoms with Crippen LogP contribution in [0.2, 0.25) is 0 Å².